The molecule has 6 heteroatoms. The Labute approximate surface area is 72.3 Å². The van der Waals surface area contributed by atoms with Gasteiger partial charge in [0.25, 0.3) is 10.2 Å². The topological polar surface area (TPSA) is 61.4 Å². The minimum absolute atomic E-state index is 0.171. The lowest BCUT2D eigenvalue weighted by Gasteiger charge is -2.19. The van der Waals surface area contributed by atoms with E-state index in [9.17, 15) is 8.42 Å². The van der Waals surface area contributed by atoms with Crippen LogP contribution in [0, 0.1) is 0 Å². The first-order chi connectivity index (χ1) is 5.70. The Kier molecular flexibility index (Phi) is 2.07. The number of rotatable bonds is 1. The smallest absolute Gasteiger partial charge is 0.279 e. The van der Waals surface area contributed by atoms with Crippen molar-refractivity contribution in [2.45, 2.75) is 12.5 Å². The van der Waals surface area contributed by atoms with Gasteiger partial charge in [0.05, 0.1) is 0 Å². The summed E-state index contributed by atoms with van der Waals surface area (Å²) in [6, 6.07) is 0.171. The lowest BCUT2D eigenvalue weighted by Crippen LogP contribution is -2.39. The summed E-state index contributed by atoms with van der Waals surface area (Å²) in [4.78, 5) is 0. The maximum atomic E-state index is 11.3. The molecule has 2 saturated heterocycles. The zero-order valence-corrected chi connectivity index (χ0v) is 7.60. The molecule has 0 saturated carbocycles. The van der Waals surface area contributed by atoms with Crippen LogP contribution in [0.4, 0.5) is 0 Å². The second-order valence-corrected chi connectivity index (χ2v) is 4.86. The van der Waals surface area contributed by atoms with Gasteiger partial charge in [-0.2, -0.15) is 12.7 Å². The fraction of sp³-hybridized carbons (Fsp3) is 1.00. The highest BCUT2D eigenvalue weighted by atomic mass is 32.2. The monoisotopic (exact) mass is 191 g/mol. The molecular weight excluding hydrogens is 178 g/mol. The zero-order chi connectivity index (χ0) is 8.60. The van der Waals surface area contributed by atoms with Gasteiger partial charge in [-0.25, -0.2) is 4.72 Å². The number of hydrogen-bond acceptors (Lipinski definition) is 3. The van der Waals surface area contributed by atoms with E-state index in [0.717, 1.165) is 19.5 Å². The molecule has 0 unspecified atom stereocenters. The van der Waals surface area contributed by atoms with E-state index < -0.39 is 10.2 Å². The molecule has 2 fully saturated rings. The SMILES string of the molecule is O=S1(=O)NCCN1[C@H]1CCNC1. The Morgan fingerprint density at radius 3 is 2.67 bits per heavy atom. The summed E-state index contributed by atoms with van der Waals surface area (Å²) in [5.74, 6) is 0. The van der Waals surface area contributed by atoms with E-state index in [1.54, 1.807) is 4.31 Å². The molecule has 0 spiro atoms. The number of nitrogens with one attached hydrogen (secondary N) is 2. The predicted molar refractivity (Wildman–Crippen MR) is 44.9 cm³/mol. The van der Waals surface area contributed by atoms with E-state index in [4.69, 9.17) is 0 Å². The van der Waals surface area contributed by atoms with E-state index >= 15 is 0 Å². The second-order valence-electron chi connectivity index (χ2n) is 3.16. The molecule has 2 N–H and O–H groups in total. The summed E-state index contributed by atoms with van der Waals surface area (Å²) in [6.45, 7) is 2.89. The van der Waals surface area contributed by atoms with Crippen LogP contribution < -0.4 is 10.0 Å². The molecule has 2 heterocycles. The highest BCUT2D eigenvalue weighted by Gasteiger charge is 2.35. The molecule has 70 valence electrons. The van der Waals surface area contributed by atoms with Crippen LogP contribution >= 0.6 is 0 Å². The van der Waals surface area contributed by atoms with Gasteiger partial charge < -0.3 is 5.32 Å². The van der Waals surface area contributed by atoms with Gasteiger partial charge in [-0.15, -0.1) is 0 Å². The molecule has 12 heavy (non-hydrogen) atoms. The van der Waals surface area contributed by atoms with Crippen LogP contribution in [-0.4, -0.2) is 44.9 Å². The van der Waals surface area contributed by atoms with E-state index in [2.05, 4.69) is 10.0 Å². The third kappa shape index (κ3) is 1.35. The van der Waals surface area contributed by atoms with Gasteiger partial charge in [-0.1, -0.05) is 0 Å². The molecule has 0 aromatic heterocycles. The Morgan fingerprint density at radius 1 is 1.33 bits per heavy atom. The van der Waals surface area contributed by atoms with Gasteiger partial charge >= 0.3 is 0 Å². The van der Waals surface area contributed by atoms with Crippen molar-refractivity contribution < 1.29 is 8.42 Å². The average molecular weight is 191 g/mol. The Bertz CT molecular complexity index is 258. The van der Waals surface area contributed by atoms with Gasteiger partial charge in [0.15, 0.2) is 0 Å². The maximum Gasteiger partial charge on any atom is 0.279 e. The van der Waals surface area contributed by atoms with Gasteiger partial charge in [0, 0.05) is 25.7 Å². The van der Waals surface area contributed by atoms with Gasteiger partial charge in [-0.3, -0.25) is 0 Å². The molecule has 2 aliphatic heterocycles. The molecule has 2 aliphatic rings. The average Bonchev–Trinajstić information content (AvgIpc) is 2.55. The van der Waals surface area contributed by atoms with E-state index in [1.807, 2.05) is 0 Å². The highest BCUT2D eigenvalue weighted by Crippen LogP contribution is 2.14. The first-order valence-electron chi connectivity index (χ1n) is 4.17. The largest absolute Gasteiger partial charge is 0.315 e. The summed E-state index contributed by atoms with van der Waals surface area (Å²) in [7, 11) is -3.13. The number of hydrogen-bond donors (Lipinski definition) is 2. The van der Waals surface area contributed by atoms with Crippen LogP contribution in [0.2, 0.25) is 0 Å². The van der Waals surface area contributed by atoms with E-state index in [-0.39, 0.29) is 6.04 Å². The summed E-state index contributed by atoms with van der Waals surface area (Å²) in [5.41, 5.74) is 0. The fourth-order valence-electron chi connectivity index (χ4n) is 1.75. The van der Waals surface area contributed by atoms with Crippen LogP contribution in [0.15, 0.2) is 0 Å². The Balaban J connectivity index is 2.12. The van der Waals surface area contributed by atoms with E-state index in [1.165, 1.54) is 0 Å². The quantitative estimate of drug-likeness (QED) is 0.530. The minimum Gasteiger partial charge on any atom is -0.315 e. The maximum absolute atomic E-state index is 11.3. The lowest BCUT2D eigenvalue weighted by atomic mass is 10.2. The number of nitrogens with zero attached hydrogens (tertiary/aromatic N) is 1. The Hall–Kier alpha value is -0.170. The van der Waals surface area contributed by atoms with Crippen LogP contribution in [0.1, 0.15) is 6.42 Å². The van der Waals surface area contributed by atoms with Crippen LogP contribution in [-0.2, 0) is 10.2 Å². The van der Waals surface area contributed by atoms with Gasteiger partial charge in [0.1, 0.15) is 0 Å². The normalized spacial score (nSPS) is 35.8. The molecule has 2 rings (SSSR count). The highest BCUT2D eigenvalue weighted by molar-refractivity contribution is 7.87. The van der Waals surface area contributed by atoms with Crippen LogP contribution in [0.5, 0.6) is 0 Å². The molecule has 0 aromatic rings. The van der Waals surface area contributed by atoms with Crippen molar-refractivity contribution in [2.75, 3.05) is 26.2 Å². The third-order valence-electron chi connectivity index (χ3n) is 2.37. The van der Waals surface area contributed by atoms with Gasteiger partial charge in [0.2, 0.25) is 0 Å². The van der Waals surface area contributed by atoms with Crippen molar-refractivity contribution in [1.29, 1.82) is 0 Å². The van der Waals surface area contributed by atoms with Crippen molar-refractivity contribution in [2.24, 2.45) is 0 Å². The second kappa shape index (κ2) is 2.95. The Morgan fingerprint density at radius 2 is 2.17 bits per heavy atom. The predicted octanol–water partition coefficient (Wildman–Crippen LogP) is -1.50. The molecule has 5 nitrogen and oxygen atoms in total. The first-order valence-corrected chi connectivity index (χ1v) is 5.61. The minimum atomic E-state index is -3.13. The van der Waals surface area contributed by atoms with Crippen molar-refractivity contribution in [3.05, 3.63) is 0 Å². The summed E-state index contributed by atoms with van der Waals surface area (Å²) in [6.07, 6.45) is 0.931. The molecule has 0 aromatic carbocycles. The standard InChI is InChI=1S/C6H13N3O2S/c10-12(11)8-3-4-9(12)6-1-2-7-5-6/h6-8H,1-5H2/t6-/m0/s1. The third-order valence-corrected chi connectivity index (χ3v) is 4.03. The lowest BCUT2D eigenvalue weighted by molar-refractivity contribution is 0.365. The summed E-state index contributed by atoms with van der Waals surface area (Å²) >= 11 is 0. The van der Waals surface area contributed by atoms with E-state index in [0.29, 0.717) is 13.1 Å². The van der Waals surface area contributed by atoms with Crippen molar-refractivity contribution >= 4 is 10.2 Å². The van der Waals surface area contributed by atoms with Crippen LogP contribution in [0.25, 0.3) is 0 Å². The van der Waals surface area contributed by atoms with Crippen molar-refractivity contribution in [3.63, 3.8) is 0 Å². The fourth-order valence-corrected chi connectivity index (χ4v) is 3.17. The molecule has 1 atom stereocenters. The molecule has 0 bridgehead atoms. The summed E-state index contributed by atoms with van der Waals surface area (Å²) < 4.78 is 26.7. The molecule has 0 amide bonds. The zero-order valence-electron chi connectivity index (χ0n) is 6.78. The summed E-state index contributed by atoms with van der Waals surface area (Å²) in [5, 5.41) is 3.15. The molecule has 0 radical (unpaired) electrons. The van der Waals surface area contributed by atoms with Crippen LogP contribution in [0.3, 0.4) is 0 Å². The molecule has 0 aliphatic carbocycles. The first kappa shape index (κ1) is 8.43. The van der Waals surface area contributed by atoms with Crippen molar-refractivity contribution in [1.82, 2.24) is 14.3 Å². The van der Waals surface area contributed by atoms with Gasteiger partial charge in [-0.05, 0) is 13.0 Å². The van der Waals surface area contributed by atoms with Crippen molar-refractivity contribution in [3.8, 4) is 0 Å². The molecular formula is C6H13N3O2S.